The van der Waals surface area contributed by atoms with E-state index in [1.807, 2.05) is 99.8 Å². The van der Waals surface area contributed by atoms with Crippen LogP contribution in [0.4, 0.5) is 0 Å². The van der Waals surface area contributed by atoms with Gasteiger partial charge in [0.15, 0.2) is 0 Å². The minimum atomic E-state index is -1.72. The van der Waals surface area contributed by atoms with Crippen molar-refractivity contribution in [1.29, 1.82) is 0 Å². The summed E-state index contributed by atoms with van der Waals surface area (Å²) in [4.78, 5) is 9.08. The summed E-state index contributed by atoms with van der Waals surface area (Å²) >= 11 is -1.72. The van der Waals surface area contributed by atoms with Crippen LogP contribution in [0.3, 0.4) is 0 Å². The summed E-state index contributed by atoms with van der Waals surface area (Å²) < 4.78 is 24.8. The molecule has 41 heavy (non-hydrogen) atoms. The number of hydrogen-bond donors (Lipinski definition) is 0. The van der Waals surface area contributed by atoms with Crippen molar-refractivity contribution in [2.75, 3.05) is 0 Å². The van der Waals surface area contributed by atoms with Gasteiger partial charge in [0.25, 0.3) is 0 Å². The molecule has 0 saturated heterocycles. The van der Waals surface area contributed by atoms with Crippen LogP contribution in [0, 0.1) is 17.5 Å². The quantitative estimate of drug-likeness (QED) is 0.133. The van der Waals surface area contributed by atoms with Crippen molar-refractivity contribution in [2.24, 2.45) is 5.41 Å². The van der Waals surface area contributed by atoms with E-state index < -0.39 is 25.1 Å². The van der Waals surface area contributed by atoms with Gasteiger partial charge >= 0.3 is 99.8 Å². The van der Waals surface area contributed by atoms with E-state index in [0.29, 0.717) is 17.1 Å². The molecule has 0 N–H and O–H groups in total. The summed E-state index contributed by atoms with van der Waals surface area (Å²) in [7, 11) is 0. The van der Waals surface area contributed by atoms with E-state index in [-0.39, 0.29) is 20.1 Å². The van der Waals surface area contributed by atoms with E-state index in [2.05, 4.69) is 51.5 Å². The first kappa shape index (κ1) is 28.1. The van der Waals surface area contributed by atoms with Crippen LogP contribution in [0.5, 0.6) is 11.5 Å². The van der Waals surface area contributed by atoms with Gasteiger partial charge in [-0.2, -0.15) is 0 Å². The summed E-state index contributed by atoms with van der Waals surface area (Å²) in [5.74, 6) is 8.46. The van der Waals surface area contributed by atoms with Gasteiger partial charge in [-0.25, -0.2) is 0 Å². The van der Waals surface area contributed by atoms with Crippen molar-refractivity contribution in [2.45, 2.75) is 44.4 Å². The molecule has 0 atom stereocenters. The van der Waals surface area contributed by atoms with Gasteiger partial charge in [-0.1, -0.05) is 44.5 Å². The maximum atomic E-state index is 8.57. The second-order valence-corrected chi connectivity index (χ2v) is 22.6. The molecule has 211 valence electrons. The molecule has 1 aliphatic heterocycles. The van der Waals surface area contributed by atoms with Gasteiger partial charge in [-0.3, -0.25) is 0 Å². The van der Waals surface area contributed by atoms with Crippen LogP contribution in [-0.2, 0) is 26.5 Å². The monoisotopic (exact) mass is 781 g/mol. The Hall–Kier alpha value is -3.05. The molecule has 0 amide bonds. The molecule has 0 saturated carbocycles. The third-order valence-corrected chi connectivity index (χ3v) is 10.7. The summed E-state index contributed by atoms with van der Waals surface area (Å²) in [5, 5.41) is 0. The van der Waals surface area contributed by atoms with Crippen LogP contribution in [0.1, 0.15) is 29.1 Å². The van der Waals surface area contributed by atoms with E-state index in [0.717, 1.165) is 33.6 Å². The van der Waals surface area contributed by atoms with E-state index in [1.165, 1.54) is 4.40 Å². The first-order valence-electron chi connectivity index (χ1n) is 14.6. The fourth-order valence-corrected chi connectivity index (χ4v) is 6.69. The maximum Gasteiger partial charge on any atom is 0 e. The van der Waals surface area contributed by atoms with Crippen molar-refractivity contribution < 1.29 is 27.6 Å². The first-order valence-corrected chi connectivity index (χ1v) is 20.9. The Bertz CT molecular complexity index is 1700. The number of benzene rings is 3. The Kier molecular flexibility index (Phi) is 8.81. The van der Waals surface area contributed by atoms with Crippen LogP contribution in [0.15, 0.2) is 97.3 Å². The molecule has 5 heteroatoms. The van der Waals surface area contributed by atoms with Gasteiger partial charge in [-0.05, 0) is 40.7 Å². The molecule has 0 unspecified atom stereocenters. The zero-order valence-corrected chi connectivity index (χ0v) is 28.9. The van der Waals surface area contributed by atoms with E-state index in [4.69, 9.17) is 7.48 Å². The predicted molar refractivity (Wildman–Crippen MR) is 169 cm³/mol. The second-order valence-electron chi connectivity index (χ2n) is 12.0. The van der Waals surface area contributed by atoms with E-state index in [1.54, 1.807) is 6.20 Å². The molecule has 2 aromatic heterocycles. The van der Waals surface area contributed by atoms with Crippen LogP contribution >= 0.6 is 0 Å². The Morgan fingerprint density at radius 3 is 2.32 bits per heavy atom. The number of aromatic nitrogens is 2. The van der Waals surface area contributed by atoms with Gasteiger partial charge in [0, 0.05) is 40.4 Å². The van der Waals surface area contributed by atoms with Crippen LogP contribution < -0.4 is 9.13 Å². The van der Waals surface area contributed by atoms with Gasteiger partial charge in [0.2, 0.25) is 0 Å². The minimum absolute atomic E-state index is 0. The fraction of sp³-hybridized carbons (Fsp3) is 0.222. The number of fused-ring (bicyclic) bond motifs is 5. The SMILES string of the molecule is [2H]C([2H])(c1ccc2c(c1)Oc1ccc[c-]c1-c1ncccc1-2)C(C)(C)C.[CH3][Ge]([CH3])([CH3])[c]1ccc(-c2[c-]cccc2)nc1.[Ir]. The Morgan fingerprint density at radius 2 is 1.63 bits per heavy atom. The van der Waals surface area contributed by atoms with Crippen molar-refractivity contribution in [3.8, 4) is 45.1 Å². The molecule has 6 rings (SSSR count). The topological polar surface area (TPSA) is 35.0 Å². The smallest absolute Gasteiger partial charge is 0 e. The molecular weight excluding hydrogens is 741 g/mol. The molecule has 0 spiro atoms. The van der Waals surface area contributed by atoms with E-state index in [9.17, 15) is 0 Å². The molecule has 3 heterocycles. The summed E-state index contributed by atoms with van der Waals surface area (Å²) in [6, 6.07) is 33.8. The molecule has 1 aliphatic rings. The number of rotatable bonds is 3. The second kappa shape index (κ2) is 12.9. The third-order valence-electron chi connectivity index (χ3n) is 6.49. The van der Waals surface area contributed by atoms with Gasteiger partial charge in [-0.15, -0.1) is 24.3 Å². The molecule has 5 aromatic rings. The number of ether oxygens (including phenoxy) is 1. The molecule has 3 aromatic carbocycles. The average Bonchev–Trinajstić information content (AvgIpc) is 3.11. The third kappa shape index (κ3) is 7.62. The molecule has 0 fully saturated rings. The predicted octanol–water partition coefficient (Wildman–Crippen LogP) is 9.00. The van der Waals surface area contributed by atoms with Crippen molar-refractivity contribution in [3.63, 3.8) is 0 Å². The normalized spacial score (nSPS) is 12.8. The van der Waals surface area contributed by atoms with Crippen LogP contribution in [0.25, 0.3) is 33.6 Å². The number of nitrogens with zero attached hydrogens (tertiary/aromatic N) is 2. The number of pyridine rings is 2. The average molecular weight is 780 g/mol. The van der Waals surface area contributed by atoms with Crippen LogP contribution in [-0.4, -0.2) is 23.2 Å². The van der Waals surface area contributed by atoms with Gasteiger partial charge < -0.3 is 9.72 Å². The van der Waals surface area contributed by atoms with Crippen molar-refractivity contribution in [3.05, 3.63) is 115 Å². The van der Waals surface area contributed by atoms with Crippen LogP contribution in [0.2, 0.25) is 17.3 Å². The Balaban J connectivity index is 0.000000215. The molecule has 3 nitrogen and oxygen atoms in total. The maximum absolute atomic E-state index is 8.57. The number of hydrogen-bond acceptors (Lipinski definition) is 3. The largest absolute Gasteiger partial charge is 0 e. The zero-order valence-electron chi connectivity index (χ0n) is 26.4. The van der Waals surface area contributed by atoms with Crippen molar-refractivity contribution >= 4 is 17.7 Å². The van der Waals surface area contributed by atoms with Gasteiger partial charge in [0.05, 0.1) is 0 Å². The Labute approximate surface area is 264 Å². The Morgan fingerprint density at radius 1 is 0.829 bits per heavy atom. The standard InChI is InChI=1S/C22H20NO.C14H16GeN.Ir/c1-22(2,3)14-15-10-11-16-17-8-6-12-23-21(17)18-7-4-5-9-19(18)24-20(16)13-15;1-15(2,3)13-9-10-14(16-11-13)12-7-5-4-6-8-12;/h4-6,8-13H,14H2,1-3H3;4-7,9-11H,1-3H3;/q2*-1;/i14D2;;. The fourth-order valence-electron chi connectivity index (χ4n) is 4.52. The first-order chi connectivity index (χ1) is 19.9. The summed E-state index contributed by atoms with van der Waals surface area (Å²) in [6.45, 7) is 5.72. The molecular formula is C36H36GeIrN2O-2. The van der Waals surface area contributed by atoms with E-state index >= 15 is 0 Å². The minimum Gasteiger partial charge on any atom is 0 e. The molecule has 0 aliphatic carbocycles. The zero-order chi connectivity index (χ0) is 30.1. The molecule has 0 bridgehead atoms. The van der Waals surface area contributed by atoms with Crippen molar-refractivity contribution in [1.82, 2.24) is 9.97 Å². The van der Waals surface area contributed by atoms with Gasteiger partial charge in [0.1, 0.15) is 5.75 Å². The summed E-state index contributed by atoms with van der Waals surface area (Å²) in [5.41, 5.74) is 5.67. The summed E-state index contributed by atoms with van der Waals surface area (Å²) in [6.07, 6.45) is 2.32. The molecule has 1 radical (unpaired) electrons.